The van der Waals surface area contributed by atoms with E-state index in [1.807, 2.05) is 0 Å². The molecule has 0 fully saturated rings. The minimum atomic E-state index is 0.675. The van der Waals surface area contributed by atoms with Crippen molar-refractivity contribution in [1.82, 2.24) is 0 Å². The first-order chi connectivity index (χ1) is 10.4. The maximum atomic E-state index is 6.02. The van der Waals surface area contributed by atoms with E-state index in [0.29, 0.717) is 6.61 Å². The van der Waals surface area contributed by atoms with E-state index in [-0.39, 0.29) is 0 Å². The zero-order chi connectivity index (χ0) is 13.8. The van der Waals surface area contributed by atoms with Crippen LogP contribution in [0.25, 0.3) is 28.0 Å². The minimum Gasteiger partial charge on any atom is -0.489 e. The Bertz CT molecular complexity index is 919. The van der Waals surface area contributed by atoms with Crippen LogP contribution in [0, 0.1) is 0 Å². The van der Waals surface area contributed by atoms with Gasteiger partial charge in [-0.3, -0.25) is 0 Å². The van der Waals surface area contributed by atoms with Gasteiger partial charge >= 0.3 is 0 Å². The second-order valence-corrected chi connectivity index (χ2v) is 5.69. The third-order valence-corrected chi connectivity index (χ3v) is 4.57. The lowest BCUT2D eigenvalue weighted by Crippen LogP contribution is -2.04. The normalized spacial score (nSPS) is 14.5. The first-order valence-corrected chi connectivity index (χ1v) is 7.38. The van der Waals surface area contributed by atoms with E-state index >= 15 is 0 Å². The van der Waals surface area contributed by atoms with Crippen LogP contribution in [-0.4, -0.2) is 6.61 Å². The van der Waals surface area contributed by atoms with Gasteiger partial charge in [0.2, 0.25) is 0 Å². The van der Waals surface area contributed by atoms with Crippen LogP contribution < -0.4 is 4.74 Å². The summed E-state index contributed by atoms with van der Waals surface area (Å²) >= 11 is 0. The van der Waals surface area contributed by atoms with E-state index in [1.54, 1.807) is 0 Å². The lowest BCUT2D eigenvalue weighted by atomic mass is 9.92. The molecular formula is C20H14O. The molecule has 0 unspecified atom stereocenters. The zero-order valence-corrected chi connectivity index (χ0v) is 11.6. The highest BCUT2D eigenvalue weighted by molar-refractivity contribution is 6.07. The molecule has 0 amide bonds. The summed E-state index contributed by atoms with van der Waals surface area (Å²) in [5.41, 5.74) is 6.74. The average Bonchev–Trinajstić information content (AvgIpc) is 2.95. The second-order valence-electron chi connectivity index (χ2n) is 5.69. The fraction of sp³-hybridized carbons (Fsp3) is 0.100. The van der Waals surface area contributed by atoms with Crippen LogP contribution in [0.4, 0.5) is 0 Å². The lowest BCUT2D eigenvalue weighted by molar-refractivity contribution is 0.356. The molecule has 0 saturated carbocycles. The molecule has 1 heteroatoms. The molecule has 100 valence electrons. The van der Waals surface area contributed by atoms with E-state index in [4.69, 9.17) is 4.74 Å². The minimum absolute atomic E-state index is 0.675. The summed E-state index contributed by atoms with van der Waals surface area (Å²) in [6.07, 6.45) is 5.29. The number of benzene rings is 3. The van der Waals surface area contributed by atoms with Gasteiger partial charge in [-0.15, -0.1) is 0 Å². The summed E-state index contributed by atoms with van der Waals surface area (Å²) in [5, 5.41) is 2.63. The Labute approximate surface area is 123 Å². The molecule has 21 heavy (non-hydrogen) atoms. The fourth-order valence-corrected chi connectivity index (χ4v) is 3.71. The average molecular weight is 270 g/mol. The summed E-state index contributed by atoms with van der Waals surface area (Å²) in [4.78, 5) is 0. The van der Waals surface area contributed by atoms with Crippen LogP contribution in [-0.2, 0) is 6.42 Å². The highest BCUT2D eigenvalue weighted by atomic mass is 16.5. The zero-order valence-electron chi connectivity index (χ0n) is 11.6. The number of rotatable bonds is 0. The largest absolute Gasteiger partial charge is 0.489 e. The Morgan fingerprint density at radius 2 is 1.67 bits per heavy atom. The molecule has 5 rings (SSSR count). The van der Waals surface area contributed by atoms with Gasteiger partial charge in [-0.05, 0) is 33.5 Å². The van der Waals surface area contributed by atoms with Crippen molar-refractivity contribution in [2.24, 2.45) is 0 Å². The van der Waals surface area contributed by atoms with Gasteiger partial charge in [-0.25, -0.2) is 0 Å². The molecule has 0 bridgehead atoms. The standard InChI is InChI=1S/C20H14O/c1-2-7-14-13(6-1)12-18-19(14)16-9-4-3-8-15(16)17-10-5-11-21-20(17)18/h1-10H,11-12H2. The molecule has 3 aromatic rings. The summed E-state index contributed by atoms with van der Waals surface area (Å²) in [5.74, 6) is 1.09. The molecule has 1 aliphatic carbocycles. The highest BCUT2D eigenvalue weighted by Gasteiger charge is 2.27. The molecule has 2 aliphatic rings. The third-order valence-electron chi connectivity index (χ3n) is 4.57. The Balaban J connectivity index is 2.00. The molecule has 1 aliphatic heterocycles. The lowest BCUT2D eigenvalue weighted by Gasteiger charge is -2.20. The van der Waals surface area contributed by atoms with Crippen LogP contribution in [0.15, 0.2) is 54.6 Å². The van der Waals surface area contributed by atoms with Gasteiger partial charge in [-0.2, -0.15) is 0 Å². The molecule has 0 saturated heterocycles. The smallest absolute Gasteiger partial charge is 0.131 e. The van der Waals surface area contributed by atoms with Crippen molar-refractivity contribution >= 4 is 16.8 Å². The molecule has 1 nitrogen and oxygen atoms in total. The van der Waals surface area contributed by atoms with Crippen LogP contribution in [0.2, 0.25) is 0 Å². The van der Waals surface area contributed by atoms with E-state index in [9.17, 15) is 0 Å². The number of ether oxygens (including phenoxy) is 1. The molecule has 0 radical (unpaired) electrons. The number of fused-ring (bicyclic) bond motifs is 8. The van der Waals surface area contributed by atoms with Crippen LogP contribution in [0.3, 0.4) is 0 Å². The molecule has 1 heterocycles. The molecular weight excluding hydrogens is 256 g/mol. The van der Waals surface area contributed by atoms with E-state index in [0.717, 1.165) is 12.2 Å². The first kappa shape index (κ1) is 11.2. The van der Waals surface area contributed by atoms with E-state index < -0.39 is 0 Å². The Hall–Kier alpha value is -2.54. The second kappa shape index (κ2) is 3.98. The van der Waals surface area contributed by atoms with Crippen LogP contribution in [0.1, 0.15) is 16.7 Å². The van der Waals surface area contributed by atoms with Crippen LogP contribution in [0.5, 0.6) is 5.75 Å². The fourth-order valence-electron chi connectivity index (χ4n) is 3.71. The molecule has 3 aromatic carbocycles. The van der Waals surface area contributed by atoms with Gasteiger partial charge in [0.05, 0.1) is 0 Å². The third kappa shape index (κ3) is 1.41. The van der Waals surface area contributed by atoms with Gasteiger partial charge in [0.15, 0.2) is 0 Å². The number of hydrogen-bond acceptors (Lipinski definition) is 1. The molecule has 0 spiro atoms. The van der Waals surface area contributed by atoms with Crippen molar-refractivity contribution in [3.63, 3.8) is 0 Å². The summed E-state index contributed by atoms with van der Waals surface area (Å²) in [7, 11) is 0. The monoisotopic (exact) mass is 270 g/mol. The molecule has 0 aromatic heterocycles. The maximum absolute atomic E-state index is 6.02. The Morgan fingerprint density at radius 1 is 0.857 bits per heavy atom. The van der Waals surface area contributed by atoms with Gasteiger partial charge in [0.25, 0.3) is 0 Å². The summed E-state index contributed by atoms with van der Waals surface area (Å²) < 4.78 is 6.02. The van der Waals surface area contributed by atoms with E-state index in [1.165, 1.54) is 38.6 Å². The number of hydrogen-bond donors (Lipinski definition) is 0. The predicted molar refractivity (Wildman–Crippen MR) is 86.7 cm³/mol. The summed E-state index contributed by atoms with van der Waals surface area (Å²) in [6, 6.07) is 17.4. The quantitative estimate of drug-likeness (QED) is 0.445. The first-order valence-electron chi connectivity index (χ1n) is 7.38. The van der Waals surface area contributed by atoms with Crippen molar-refractivity contribution in [3.05, 3.63) is 71.3 Å². The van der Waals surface area contributed by atoms with Crippen LogP contribution >= 0.6 is 0 Å². The van der Waals surface area contributed by atoms with Crippen molar-refractivity contribution in [3.8, 4) is 16.9 Å². The van der Waals surface area contributed by atoms with Crippen molar-refractivity contribution in [2.75, 3.05) is 6.61 Å². The Kier molecular flexibility index (Phi) is 2.12. The highest BCUT2D eigenvalue weighted by Crippen LogP contribution is 2.48. The van der Waals surface area contributed by atoms with Gasteiger partial charge in [0, 0.05) is 17.5 Å². The predicted octanol–water partition coefficient (Wildman–Crippen LogP) is 4.82. The molecule has 0 atom stereocenters. The van der Waals surface area contributed by atoms with Crippen molar-refractivity contribution < 1.29 is 4.74 Å². The van der Waals surface area contributed by atoms with E-state index in [2.05, 4.69) is 60.7 Å². The Morgan fingerprint density at radius 3 is 2.62 bits per heavy atom. The molecule has 0 N–H and O–H groups in total. The topological polar surface area (TPSA) is 9.23 Å². The van der Waals surface area contributed by atoms with Gasteiger partial charge < -0.3 is 4.74 Å². The van der Waals surface area contributed by atoms with Gasteiger partial charge in [-0.1, -0.05) is 54.6 Å². The van der Waals surface area contributed by atoms with Crippen molar-refractivity contribution in [1.29, 1.82) is 0 Å². The maximum Gasteiger partial charge on any atom is 0.131 e. The van der Waals surface area contributed by atoms with Gasteiger partial charge in [0.1, 0.15) is 12.4 Å². The van der Waals surface area contributed by atoms with Crippen molar-refractivity contribution in [2.45, 2.75) is 6.42 Å². The summed E-state index contributed by atoms with van der Waals surface area (Å²) in [6.45, 7) is 0.675. The SMILES string of the molecule is C1=Cc2c(c3c(c4ccccc24)-c2ccccc2C3)OC1.